The van der Waals surface area contributed by atoms with Crippen LogP contribution in [0.2, 0.25) is 0 Å². The summed E-state index contributed by atoms with van der Waals surface area (Å²) >= 11 is 0. The summed E-state index contributed by atoms with van der Waals surface area (Å²) in [5.74, 6) is 0.622. The van der Waals surface area contributed by atoms with Gasteiger partial charge in [-0.1, -0.05) is 23.8 Å². The zero-order chi connectivity index (χ0) is 13.8. The number of rotatable bonds is 5. The second kappa shape index (κ2) is 6.51. The maximum Gasteiger partial charge on any atom is 0.0919 e. The lowest BCUT2D eigenvalue weighted by Gasteiger charge is -2.21. The molecule has 1 heterocycles. The summed E-state index contributed by atoms with van der Waals surface area (Å²) < 4.78 is 5.21. The molecular formula is C16H25NO2. The molecule has 0 aliphatic carbocycles. The molecule has 0 spiro atoms. The standard InChI is InChI=1S/C16H25NO2/c1-12-4-5-15(13(2)8-12)16(18)10-17-7-6-14(9-17)11-19-3/h4-5,8,14,16,18H,6-7,9-11H2,1-3H3. The average molecular weight is 263 g/mol. The highest BCUT2D eigenvalue weighted by molar-refractivity contribution is 5.32. The Hall–Kier alpha value is -0.900. The number of aliphatic hydroxyl groups excluding tert-OH is 1. The van der Waals surface area contributed by atoms with Gasteiger partial charge in [0.15, 0.2) is 0 Å². The van der Waals surface area contributed by atoms with Gasteiger partial charge in [0.25, 0.3) is 0 Å². The molecule has 1 aromatic rings. The Morgan fingerprint density at radius 1 is 1.42 bits per heavy atom. The van der Waals surface area contributed by atoms with Gasteiger partial charge in [0.05, 0.1) is 12.7 Å². The van der Waals surface area contributed by atoms with E-state index in [4.69, 9.17) is 4.74 Å². The fourth-order valence-electron chi connectivity index (χ4n) is 2.99. The van der Waals surface area contributed by atoms with Crippen LogP contribution in [0.5, 0.6) is 0 Å². The zero-order valence-electron chi connectivity index (χ0n) is 12.2. The summed E-state index contributed by atoms with van der Waals surface area (Å²) in [7, 11) is 1.76. The van der Waals surface area contributed by atoms with Crippen LogP contribution >= 0.6 is 0 Å². The van der Waals surface area contributed by atoms with Crippen LogP contribution < -0.4 is 0 Å². The summed E-state index contributed by atoms with van der Waals surface area (Å²) in [6, 6.07) is 6.26. The fourth-order valence-corrected chi connectivity index (χ4v) is 2.99. The smallest absolute Gasteiger partial charge is 0.0919 e. The van der Waals surface area contributed by atoms with Crippen molar-refractivity contribution in [2.24, 2.45) is 5.92 Å². The van der Waals surface area contributed by atoms with E-state index < -0.39 is 0 Å². The van der Waals surface area contributed by atoms with Crippen LogP contribution in [0.4, 0.5) is 0 Å². The van der Waals surface area contributed by atoms with Crippen molar-refractivity contribution in [3.63, 3.8) is 0 Å². The van der Waals surface area contributed by atoms with Gasteiger partial charge < -0.3 is 14.7 Å². The molecule has 0 radical (unpaired) electrons. The molecule has 1 fully saturated rings. The van der Waals surface area contributed by atoms with Gasteiger partial charge in [0, 0.05) is 20.2 Å². The van der Waals surface area contributed by atoms with E-state index in [9.17, 15) is 5.11 Å². The number of methoxy groups -OCH3 is 1. The predicted molar refractivity (Wildman–Crippen MR) is 77.3 cm³/mol. The molecule has 1 N–H and O–H groups in total. The zero-order valence-corrected chi connectivity index (χ0v) is 12.2. The molecular weight excluding hydrogens is 238 g/mol. The first-order valence-electron chi connectivity index (χ1n) is 7.06. The fraction of sp³-hybridized carbons (Fsp3) is 0.625. The van der Waals surface area contributed by atoms with E-state index in [1.165, 1.54) is 17.5 Å². The number of aliphatic hydroxyl groups is 1. The number of benzene rings is 1. The SMILES string of the molecule is COCC1CCN(CC(O)c2ccc(C)cc2C)C1. The molecule has 3 heteroatoms. The van der Waals surface area contributed by atoms with E-state index in [1.54, 1.807) is 7.11 Å². The van der Waals surface area contributed by atoms with E-state index in [1.807, 2.05) is 0 Å². The van der Waals surface area contributed by atoms with Crippen molar-refractivity contribution in [2.45, 2.75) is 26.4 Å². The molecule has 2 rings (SSSR count). The van der Waals surface area contributed by atoms with E-state index in [-0.39, 0.29) is 6.10 Å². The quantitative estimate of drug-likeness (QED) is 0.885. The Bertz CT molecular complexity index is 419. The number of nitrogens with zero attached hydrogens (tertiary/aromatic N) is 1. The van der Waals surface area contributed by atoms with Gasteiger partial charge in [-0.15, -0.1) is 0 Å². The molecule has 0 saturated carbocycles. The number of ether oxygens (including phenoxy) is 1. The molecule has 2 unspecified atom stereocenters. The van der Waals surface area contributed by atoms with Crippen molar-refractivity contribution in [2.75, 3.05) is 33.4 Å². The summed E-state index contributed by atoms with van der Waals surface area (Å²) in [5.41, 5.74) is 3.48. The predicted octanol–water partition coefficient (Wildman–Crippen LogP) is 2.31. The summed E-state index contributed by atoms with van der Waals surface area (Å²) in [6.45, 7) is 7.81. The number of hydrogen-bond donors (Lipinski definition) is 1. The first-order valence-corrected chi connectivity index (χ1v) is 7.06. The average Bonchev–Trinajstić information content (AvgIpc) is 2.76. The largest absolute Gasteiger partial charge is 0.387 e. The Morgan fingerprint density at radius 2 is 2.21 bits per heavy atom. The number of aryl methyl sites for hydroxylation is 2. The van der Waals surface area contributed by atoms with Gasteiger partial charge in [-0.05, 0) is 43.9 Å². The first kappa shape index (κ1) is 14.5. The number of β-amino-alcohol motifs (C(OH)–C–C–N with tert-alkyl or cyclic N) is 1. The van der Waals surface area contributed by atoms with E-state index in [0.29, 0.717) is 5.92 Å². The van der Waals surface area contributed by atoms with Crippen LogP contribution in [-0.4, -0.2) is 43.4 Å². The number of hydrogen-bond acceptors (Lipinski definition) is 3. The maximum atomic E-state index is 10.4. The van der Waals surface area contributed by atoms with Crippen LogP contribution in [-0.2, 0) is 4.74 Å². The monoisotopic (exact) mass is 263 g/mol. The lowest BCUT2D eigenvalue weighted by molar-refractivity contribution is 0.115. The highest BCUT2D eigenvalue weighted by Gasteiger charge is 2.24. The molecule has 3 nitrogen and oxygen atoms in total. The molecule has 0 bridgehead atoms. The normalized spacial score (nSPS) is 21.8. The Kier molecular flexibility index (Phi) is 4.97. The topological polar surface area (TPSA) is 32.7 Å². The van der Waals surface area contributed by atoms with Crippen LogP contribution in [0.25, 0.3) is 0 Å². The lowest BCUT2D eigenvalue weighted by atomic mass is 10.0. The summed E-state index contributed by atoms with van der Waals surface area (Å²) in [5, 5.41) is 10.4. The van der Waals surface area contributed by atoms with E-state index in [0.717, 1.165) is 31.8 Å². The van der Waals surface area contributed by atoms with Crippen molar-refractivity contribution < 1.29 is 9.84 Å². The van der Waals surface area contributed by atoms with Crippen molar-refractivity contribution >= 4 is 0 Å². The van der Waals surface area contributed by atoms with E-state index >= 15 is 0 Å². The van der Waals surface area contributed by atoms with Gasteiger partial charge in [-0.2, -0.15) is 0 Å². The third-order valence-corrected chi connectivity index (χ3v) is 3.99. The first-order chi connectivity index (χ1) is 9.10. The molecule has 2 atom stereocenters. The van der Waals surface area contributed by atoms with Gasteiger partial charge in [0.1, 0.15) is 0 Å². The van der Waals surface area contributed by atoms with Crippen molar-refractivity contribution in [1.82, 2.24) is 4.90 Å². The Morgan fingerprint density at radius 3 is 2.89 bits per heavy atom. The molecule has 1 aliphatic heterocycles. The molecule has 1 aliphatic rings. The second-order valence-corrected chi connectivity index (χ2v) is 5.75. The van der Waals surface area contributed by atoms with E-state index in [2.05, 4.69) is 36.9 Å². The van der Waals surface area contributed by atoms with Crippen LogP contribution in [0.3, 0.4) is 0 Å². The Balaban J connectivity index is 1.92. The van der Waals surface area contributed by atoms with Gasteiger partial charge >= 0.3 is 0 Å². The van der Waals surface area contributed by atoms with Crippen molar-refractivity contribution in [1.29, 1.82) is 0 Å². The van der Waals surface area contributed by atoms with Crippen LogP contribution in [0, 0.1) is 19.8 Å². The highest BCUT2D eigenvalue weighted by Crippen LogP contribution is 2.23. The van der Waals surface area contributed by atoms with Gasteiger partial charge in [-0.3, -0.25) is 0 Å². The molecule has 0 aromatic heterocycles. The molecule has 0 amide bonds. The molecule has 106 valence electrons. The molecule has 1 saturated heterocycles. The minimum Gasteiger partial charge on any atom is -0.387 e. The van der Waals surface area contributed by atoms with Crippen molar-refractivity contribution in [3.05, 3.63) is 34.9 Å². The third kappa shape index (κ3) is 3.78. The minimum absolute atomic E-state index is 0.387. The van der Waals surface area contributed by atoms with Crippen molar-refractivity contribution in [3.8, 4) is 0 Å². The van der Waals surface area contributed by atoms with Gasteiger partial charge in [-0.25, -0.2) is 0 Å². The highest BCUT2D eigenvalue weighted by atomic mass is 16.5. The second-order valence-electron chi connectivity index (χ2n) is 5.75. The minimum atomic E-state index is -0.387. The van der Waals surface area contributed by atoms with Crippen LogP contribution in [0.1, 0.15) is 29.2 Å². The number of likely N-dealkylation sites (tertiary alicyclic amines) is 1. The van der Waals surface area contributed by atoms with Gasteiger partial charge in [0.2, 0.25) is 0 Å². The maximum absolute atomic E-state index is 10.4. The van der Waals surface area contributed by atoms with Crippen LogP contribution in [0.15, 0.2) is 18.2 Å². The molecule has 19 heavy (non-hydrogen) atoms. The lowest BCUT2D eigenvalue weighted by Crippen LogP contribution is -2.27. The molecule has 1 aromatic carbocycles. The third-order valence-electron chi connectivity index (χ3n) is 3.99. The summed E-state index contributed by atoms with van der Waals surface area (Å²) in [4.78, 5) is 2.34. The summed E-state index contributed by atoms with van der Waals surface area (Å²) in [6.07, 6.45) is 0.787. The Labute approximate surface area is 116 Å².